The van der Waals surface area contributed by atoms with Gasteiger partial charge >= 0.3 is 0 Å². The number of rotatable bonds is 5. The van der Waals surface area contributed by atoms with Gasteiger partial charge in [0.2, 0.25) is 0 Å². The number of carbonyl (C=O) groups is 1. The van der Waals surface area contributed by atoms with Crippen molar-refractivity contribution in [3.8, 4) is 16.9 Å². The average molecular weight is 406 g/mol. The fourth-order valence-corrected chi connectivity index (χ4v) is 3.16. The fraction of sp³-hybridized carbons (Fsp3) is 0.0435. The minimum absolute atomic E-state index is 0.278. The summed E-state index contributed by atoms with van der Waals surface area (Å²) in [5.74, 6) is -0.601. The fourth-order valence-electron chi connectivity index (χ4n) is 2.97. The number of carbonyl (C=O) groups excluding carboxylic acids is 1. The Labute approximate surface area is 172 Å². The van der Waals surface area contributed by atoms with E-state index in [1.165, 1.54) is 12.1 Å². The Morgan fingerprint density at radius 3 is 2.45 bits per heavy atom. The van der Waals surface area contributed by atoms with E-state index >= 15 is 0 Å². The molecule has 0 atom stereocenters. The molecular weight excluding hydrogens is 389 g/mol. The van der Waals surface area contributed by atoms with Gasteiger partial charge in [-0.1, -0.05) is 60.1 Å². The van der Waals surface area contributed by atoms with E-state index in [-0.39, 0.29) is 18.3 Å². The first-order valence-corrected chi connectivity index (χ1v) is 9.42. The molecule has 144 valence electrons. The lowest BCUT2D eigenvalue weighted by atomic mass is 10.1. The molecule has 1 aromatic heterocycles. The number of nitrogens with one attached hydrogen (secondary N) is 1. The molecule has 1 heterocycles. The molecule has 0 saturated carbocycles. The monoisotopic (exact) mass is 405 g/mol. The van der Waals surface area contributed by atoms with E-state index in [1.807, 2.05) is 42.5 Å². The van der Waals surface area contributed by atoms with Gasteiger partial charge in [-0.15, -0.1) is 0 Å². The maximum absolute atomic E-state index is 13.1. The third-order valence-corrected chi connectivity index (χ3v) is 4.67. The average Bonchev–Trinajstić information content (AvgIpc) is 3.19. The first kappa shape index (κ1) is 18.9. The molecule has 0 aliphatic heterocycles. The number of hydrogen-bond donors (Lipinski definition) is 1. The first-order valence-electron chi connectivity index (χ1n) is 9.04. The van der Waals surface area contributed by atoms with Crippen molar-refractivity contribution >= 4 is 17.5 Å². The van der Waals surface area contributed by atoms with Gasteiger partial charge in [0.15, 0.2) is 0 Å². The number of aromatic nitrogens is 2. The van der Waals surface area contributed by atoms with E-state index < -0.39 is 0 Å². The summed E-state index contributed by atoms with van der Waals surface area (Å²) < 4.78 is 14.7. The molecule has 0 bridgehead atoms. The molecule has 1 amide bonds. The summed E-state index contributed by atoms with van der Waals surface area (Å²) in [7, 11) is 0. The Kier molecular flexibility index (Phi) is 5.40. The number of benzene rings is 3. The predicted octanol–water partition coefficient (Wildman–Crippen LogP) is 5.26. The summed E-state index contributed by atoms with van der Waals surface area (Å²) >= 11 is 6.13. The maximum atomic E-state index is 13.1. The van der Waals surface area contributed by atoms with E-state index in [9.17, 15) is 9.18 Å². The van der Waals surface area contributed by atoms with E-state index in [2.05, 4.69) is 10.4 Å². The summed E-state index contributed by atoms with van der Waals surface area (Å²) in [5, 5.41) is 8.05. The van der Waals surface area contributed by atoms with Crippen LogP contribution in [0, 0.1) is 5.82 Å². The lowest BCUT2D eigenvalue weighted by Gasteiger charge is -2.09. The lowest BCUT2D eigenvalue weighted by Crippen LogP contribution is -2.25. The van der Waals surface area contributed by atoms with Crippen molar-refractivity contribution in [1.29, 1.82) is 0 Å². The minimum Gasteiger partial charge on any atom is -0.347 e. The molecule has 4 rings (SSSR count). The summed E-state index contributed by atoms with van der Waals surface area (Å²) in [6, 6.07) is 24.5. The van der Waals surface area contributed by atoms with Crippen molar-refractivity contribution in [1.82, 2.24) is 15.1 Å². The van der Waals surface area contributed by atoms with Crippen molar-refractivity contribution in [2.45, 2.75) is 6.54 Å². The van der Waals surface area contributed by atoms with E-state index in [0.29, 0.717) is 22.1 Å². The van der Waals surface area contributed by atoms with Crippen molar-refractivity contribution in [3.63, 3.8) is 0 Å². The minimum atomic E-state index is -0.313. The molecule has 0 saturated heterocycles. The molecule has 4 aromatic rings. The molecule has 0 fully saturated rings. The molecule has 6 heteroatoms. The Morgan fingerprint density at radius 1 is 0.966 bits per heavy atom. The van der Waals surface area contributed by atoms with Crippen LogP contribution in [0.3, 0.4) is 0 Å². The first-order chi connectivity index (χ1) is 14.1. The largest absolute Gasteiger partial charge is 0.347 e. The Morgan fingerprint density at radius 2 is 1.72 bits per heavy atom. The maximum Gasteiger partial charge on any atom is 0.270 e. The summed E-state index contributed by atoms with van der Waals surface area (Å²) in [4.78, 5) is 12.9. The van der Waals surface area contributed by atoms with Crippen molar-refractivity contribution in [2.24, 2.45) is 0 Å². The van der Waals surface area contributed by atoms with E-state index in [0.717, 1.165) is 11.1 Å². The van der Waals surface area contributed by atoms with Crippen LogP contribution < -0.4 is 5.32 Å². The highest BCUT2D eigenvalue weighted by Crippen LogP contribution is 2.23. The van der Waals surface area contributed by atoms with Crippen LogP contribution in [0.1, 0.15) is 16.1 Å². The van der Waals surface area contributed by atoms with Gasteiger partial charge in [0, 0.05) is 17.1 Å². The van der Waals surface area contributed by atoms with Crippen molar-refractivity contribution in [2.75, 3.05) is 0 Å². The molecule has 3 aromatic carbocycles. The second-order valence-corrected chi connectivity index (χ2v) is 6.92. The quantitative estimate of drug-likeness (QED) is 0.492. The van der Waals surface area contributed by atoms with Gasteiger partial charge in [-0.25, -0.2) is 9.07 Å². The topological polar surface area (TPSA) is 46.9 Å². The molecule has 1 N–H and O–H groups in total. The third kappa shape index (κ3) is 4.36. The Hall–Kier alpha value is -3.44. The van der Waals surface area contributed by atoms with Gasteiger partial charge in [0.25, 0.3) is 5.91 Å². The predicted molar refractivity (Wildman–Crippen MR) is 112 cm³/mol. The second kappa shape index (κ2) is 8.29. The van der Waals surface area contributed by atoms with Gasteiger partial charge in [-0.3, -0.25) is 4.79 Å². The highest BCUT2D eigenvalue weighted by Gasteiger charge is 2.17. The molecule has 29 heavy (non-hydrogen) atoms. The zero-order valence-corrected chi connectivity index (χ0v) is 16.1. The van der Waals surface area contributed by atoms with Crippen LogP contribution in [0.2, 0.25) is 5.02 Å². The molecule has 0 unspecified atom stereocenters. The van der Waals surface area contributed by atoms with Crippen molar-refractivity contribution < 1.29 is 9.18 Å². The third-order valence-electron chi connectivity index (χ3n) is 4.43. The molecule has 0 aliphatic carbocycles. The van der Waals surface area contributed by atoms with Gasteiger partial charge in [0.1, 0.15) is 11.5 Å². The lowest BCUT2D eigenvalue weighted by molar-refractivity contribution is 0.0943. The zero-order valence-electron chi connectivity index (χ0n) is 15.3. The zero-order chi connectivity index (χ0) is 20.2. The SMILES string of the molecule is O=C(NCc1ccc(F)cc1)c1cc(-c2ccccc2)nn1-c1cccc(Cl)c1. The number of hydrogen-bond acceptors (Lipinski definition) is 2. The highest BCUT2D eigenvalue weighted by molar-refractivity contribution is 6.30. The molecule has 0 aliphatic rings. The van der Waals surface area contributed by atoms with Crippen LogP contribution in [0.15, 0.2) is 84.9 Å². The van der Waals surface area contributed by atoms with Crippen LogP contribution >= 0.6 is 11.6 Å². The van der Waals surface area contributed by atoms with Gasteiger partial charge in [0.05, 0.1) is 11.4 Å². The van der Waals surface area contributed by atoms with Crippen molar-refractivity contribution in [3.05, 3.63) is 107 Å². The Bertz CT molecular complexity index is 1140. The summed E-state index contributed by atoms with van der Waals surface area (Å²) in [6.07, 6.45) is 0. The van der Waals surface area contributed by atoms with Crippen LogP contribution in [0.5, 0.6) is 0 Å². The van der Waals surface area contributed by atoms with Crippen LogP contribution in [-0.2, 0) is 6.54 Å². The number of nitrogens with zero attached hydrogens (tertiary/aromatic N) is 2. The highest BCUT2D eigenvalue weighted by atomic mass is 35.5. The molecule has 4 nitrogen and oxygen atoms in total. The second-order valence-electron chi connectivity index (χ2n) is 6.48. The van der Waals surface area contributed by atoms with Crippen LogP contribution in [0.4, 0.5) is 4.39 Å². The number of amides is 1. The van der Waals surface area contributed by atoms with Gasteiger partial charge < -0.3 is 5.32 Å². The van der Waals surface area contributed by atoms with Gasteiger partial charge in [-0.05, 0) is 42.0 Å². The van der Waals surface area contributed by atoms with Crippen LogP contribution in [-0.4, -0.2) is 15.7 Å². The normalized spacial score (nSPS) is 10.7. The summed E-state index contributed by atoms with van der Waals surface area (Å²) in [6.45, 7) is 0.278. The van der Waals surface area contributed by atoms with Gasteiger partial charge in [-0.2, -0.15) is 5.10 Å². The molecule has 0 radical (unpaired) electrons. The standard InChI is InChI=1S/C23H17ClFN3O/c24-18-7-4-8-20(13-18)28-22(14-21(27-28)17-5-2-1-3-6-17)23(29)26-15-16-9-11-19(25)12-10-16/h1-14H,15H2,(H,26,29). The smallest absolute Gasteiger partial charge is 0.270 e. The number of halogens is 2. The molecule has 0 spiro atoms. The molecular formula is C23H17ClFN3O. The van der Waals surface area contributed by atoms with E-state index in [4.69, 9.17) is 11.6 Å². The van der Waals surface area contributed by atoms with Crippen LogP contribution in [0.25, 0.3) is 16.9 Å². The van der Waals surface area contributed by atoms with E-state index in [1.54, 1.807) is 35.0 Å². The Balaban J connectivity index is 1.67. The summed E-state index contributed by atoms with van der Waals surface area (Å²) in [5.41, 5.74) is 3.45.